The fourth-order valence-corrected chi connectivity index (χ4v) is 1.05. The Morgan fingerprint density at radius 3 is 3.17 bits per heavy atom. The Morgan fingerprint density at radius 2 is 2.42 bits per heavy atom. The molecule has 68 valence electrons. The Labute approximate surface area is 72.3 Å². The van der Waals surface area contributed by atoms with Gasteiger partial charge in [-0.1, -0.05) is 13.8 Å². The SMILES string of the molecule is CC.NC1COc2ccnn2C1. The molecule has 1 aliphatic heterocycles. The molecule has 0 saturated heterocycles. The molecule has 0 bridgehead atoms. The van der Waals surface area contributed by atoms with Crippen molar-refractivity contribution >= 4 is 0 Å². The van der Waals surface area contributed by atoms with Gasteiger partial charge in [-0.2, -0.15) is 5.10 Å². The van der Waals surface area contributed by atoms with Gasteiger partial charge in [-0.05, 0) is 0 Å². The maximum absolute atomic E-state index is 5.62. The van der Waals surface area contributed by atoms with E-state index in [1.54, 1.807) is 10.9 Å². The van der Waals surface area contributed by atoms with Crippen molar-refractivity contribution in [2.45, 2.75) is 26.4 Å². The van der Waals surface area contributed by atoms with E-state index in [-0.39, 0.29) is 6.04 Å². The van der Waals surface area contributed by atoms with Crippen molar-refractivity contribution in [3.05, 3.63) is 12.3 Å². The zero-order valence-corrected chi connectivity index (χ0v) is 7.53. The first-order valence-corrected chi connectivity index (χ1v) is 4.26. The van der Waals surface area contributed by atoms with Crippen molar-refractivity contribution in [3.8, 4) is 5.88 Å². The minimum Gasteiger partial charge on any atom is -0.476 e. The molecule has 0 aromatic carbocycles. The molecule has 1 atom stereocenters. The third kappa shape index (κ3) is 1.76. The van der Waals surface area contributed by atoms with Crippen LogP contribution in [0.25, 0.3) is 0 Å². The Kier molecular flexibility index (Phi) is 3.10. The van der Waals surface area contributed by atoms with E-state index in [4.69, 9.17) is 10.5 Å². The van der Waals surface area contributed by atoms with Crippen LogP contribution in [0.15, 0.2) is 12.3 Å². The summed E-state index contributed by atoms with van der Waals surface area (Å²) in [6, 6.07) is 1.93. The lowest BCUT2D eigenvalue weighted by molar-refractivity contribution is 0.206. The summed E-state index contributed by atoms with van der Waals surface area (Å²) in [6.45, 7) is 5.37. The van der Waals surface area contributed by atoms with Gasteiger partial charge in [0.1, 0.15) is 6.61 Å². The van der Waals surface area contributed by atoms with E-state index in [0.29, 0.717) is 6.61 Å². The quantitative estimate of drug-likeness (QED) is 0.619. The summed E-state index contributed by atoms with van der Waals surface area (Å²) in [6.07, 6.45) is 1.72. The number of nitrogens with zero attached hydrogens (tertiary/aromatic N) is 2. The number of hydrogen-bond acceptors (Lipinski definition) is 3. The molecule has 1 unspecified atom stereocenters. The monoisotopic (exact) mass is 169 g/mol. The minimum absolute atomic E-state index is 0.0902. The molecule has 1 aliphatic rings. The van der Waals surface area contributed by atoms with Crippen LogP contribution in [0, 0.1) is 0 Å². The summed E-state index contributed by atoms with van der Waals surface area (Å²) >= 11 is 0. The predicted molar refractivity (Wildman–Crippen MR) is 47.0 cm³/mol. The van der Waals surface area contributed by atoms with Crippen molar-refractivity contribution in [1.29, 1.82) is 0 Å². The Bertz CT molecular complexity index is 234. The molecule has 2 N–H and O–H groups in total. The predicted octanol–water partition coefficient (Wildman–Crippen LogP) is 0.629. The lowest BCUT2D eigenvalue weighted by Crippen LogP contribution is -2.37. The molecule has 4 nitrogen and oxygen atoms in total. The molecule has 2 rings (SSSR count). The fraction of sp³-hybridized carbons (Fsp3) is 0.625. The molecule has 0 aliphatic carbocycles. The van der Waals surface area contributed by atoms with Gasteiger partial charge in [0.2, 0.25) is 5.88 Å². The highest BCUT2D eigenvalue weighted by Gasteiger charge is 2.15. The number of hydrogen-bond donors (Lipinski definition) is 1. The maximum atomic E-state index is 5.62. The van der Waals surface area contributed by atoms with Crippen LogP contribution in [-0.2, 0) is 6.54 Å². The molecular formula is C8H15N3O. The summed E-state index contributed by atoms with van der Waals surface area (Å²) in [5.74, 6) is 0.821. The van der Waals surface area contributed by atoms with Crippen LogP contribution < -0.4 is 10.5 Å². The van der Waals surface area contributed by atoms with Crippen LogP contribution in [0.5, 0.6) is 5.88 Å². The van der Waals surface area contributed by atoms with Gasteiger partial charge in [-0.3, -0.25) is 0 Å². The first-order chi connectivity index (χ1) is 5.86. The van der Waals surface area contributed by atoms with Gasteiger partial charge in [-0.15, -0.1) is 0 Å². The standard InChI is InChI=1S/C6H9N3O.C2H6/c7-5-3-9-6(10-4-5)1-2-8-9;1-2/h1-2,5H,3-4,7H2;1-2H3. The highest BCUT2D eigenvalue weighted by Crippen LogP contribution is 2.13. The van der Waals surface area contributed by atoms with Crippen LogP contribution in [0.3, 0.4) is 0 Å². The third-order valence-electron chi connectivity index (χ3n) is 1.53. The van der Waals surface area contributed by atoms with Crippen LogP contribution >= 0.6 is 0 Å². The van der Waals surface area contributed by atoms with E-state index in [1.807, 2.05) is 19.9 Å². The number of aromatic nitrogens is 2. The highest BCUT2D eigenvalue weighted by molar-refractivity contribution is 5.09. The number of rotatable bonds is 0. The zero-order valence-electron chi connectivity index (χ0n) is 7.53. The average molecular weight is 169 g/mol. The van der Waals surface area contributed by atoms with Gasteiger partial charge in [0.15, 0.2) is 0 Å². The average Bonchev–Trinajstić information content (AvgIpc) is 2.54. The van der Waals surface area contributed by atoms with Crippen LogP contribution in [0.4, 0.5) is 0 Å². The maximum Gasteiger partial charge on any atom is 0.211 e. The number of ether oxygens (including phenoxy) is 1. The van der Waals surface area contributed by atoms with E-state index in [9.17, 15) is 0 Å². The Hall–Kier alpha value is -1.03. The molecule has 0 fully saturated rings. The van der Waals surface area contributed by atoms with Gasteiger partial charge >= 0.3 is 0 Å². The molecule has 1 aromatic rings. The fourth-order valence-electron chi connectivity index (χ4n) is 1.05. The van der Waals surface area contributed by atoms with Gasteiger partial charge in [-0.25, -0.2) is 4.68 Å². The molecule has 0 saturated carbocycles. The number of nitrogens with two attached hydrogens (primary N) is 1. The second kappa shape index (κ2) is 4.11. The summed E-state index contributed by atoms with van der Waals surface area (Å²) in [5, 5.41) is 4.02. The summed E-state index contributed by atoms with van der Waals surface area (Å²) < 4.78 is 7.02. The largest absolute Gasteiger partial charge is 0.476 e. The van der Waals surface area contributed by atoms with Crippen LogP contribution in [-0.4, -0.2) is 22.4 Å². The van der Waals surface area contributed by atoms with E-state index < -0.39 is 0 Å². The van der Waals surface area contributed by atoms with Gasteiger partial charge in [0, 0.05) is 6.07 Å². The van der Waals surface area contributed by atoms with E-state index in [0.717, 1.165) is 12.4 Å². The van der Waals surface area contributed by atoms with Crippen molar-refractivity contribution in [2.75, 3.05) is 6.61 Å². The van der Waals surface area contributed by atoms with Gasteiger partial charge in [0.05, 0.1) is 18.8 Å². The number of fused-ring (bicyclic) bond motifs is 1. The molecule has 4 heteroatoms. The molecule has 0 spiro atoms. The summed E-state index contributed by atoms with van der Waals surface area (Å²) in [5.41, 5.74) is 5.62. The minimum atomic E-state index is 0.0902. The third-order valence-corrected chi connectivity index (χ3v) is 1.53. The summed E-state index contributed by atoms with van der Waals surface area (Å²) in [7, 11) is 0. The summed E-state index contributed by atoms with van der Waals surface area (Å²) in [4.78, 5) is 0. The Balaban J connectivity index is 0.000000336. The molecule has 12 heavy (non-hydrogen) atoms. The second-order valence-electron chi connectivity index (χ2n) is 2.42. The first kappa shape index (κ1) is 9.06. The molecule has 1 aromatic heterocycles. The van der Waals surface area contributed by atoms with E-state index in [2.05, 4.69) is 5.10 Å². The second-order valence-corrected chi connectivity index (χ2v) is 2.42. The molecule has 2 heterocycles. The van der Waals surface area contributed by atoms with E-state index in [1.165, 1.54) is 0 Å². The van der Waals surface area contributed by atoms with Crippen molar-refractivity contribution in [2.24, 2.45) is 5.73 Å². The van der Waals surface area contributed by atoms with Crippen molar-refractivity contribution in [3.63, 3.8) is 0 Å². The Morgan fingerprint density at radius 1 is 1.67 bits per heavy atom. The molecular weight excluding hydrogens is 154 g/mol. The lowest BCUT2D eigenvalue weighted by Gasteiger charge is -2.20. The highest BCUT2D eigenvalue weighted by atomic mass is 16.5. The van der Waals surface area contributed by atoms with Gasteiger partial charge < -0.3 is 10.5 Å². The lowest BCUT2D eigenvalue weighted by atomic mass is 10.3. The van der Waals surface area contributed by atoms with Gasteiger partial charge in [0.25, 0.3) is 0 Å². The van der Waals surface area contributed by atoms with Crippen LogP contribution in [0.1, 0.15) is 13.8 Å². The van der Waals surface area contributed by atoms with Crippen LogP contribution in [0.2, 0.25) is 0 Å². The van der Waals surface area contributed by atoms with Crippen molar-refractivity contribution < 1.29 is 4.74 Å². The van der Waals surface area contributed by atoms with Crippen molar-refractivity contribution in [1.82, 2.24) is 9.78 Å². The molecule has 0 amide bonds. The zero-order chi connectivity index (χ0) is 8.97. The normalized spacial score (nSPS) is 20.1. The smallest absolute Gasteiger partial charge is 0.211 e. The molecule has 0 radical (unpaired) electrons. The van der Waals surface area contributed by atoms with E-state index >= 15 is 0 Å². The first-order valence-electron chi connectivity index (χ1n) is 4.26. The topological polar surface area (TPSA) is 53.1 Å².